The fourth-order valence-corrected chi connectivity index (χ4v) is 1.58. The summed E-state index contributed by atoms with van der Waals surface area (Å²) >= 11 is 0. The number of carboxylic acid groups (broad SMARTS) is 1. The summed E-state index contributed by atoms with van der Waals surface area (Å²) in [6, 6.07) is 0. The van der Waals surface area contributed by atoms with Crippen LogP contribution in [0.1, 0.15) is 40.0 Å². The third-order valence-corrected chi connectivity index (χ3v) is 2.36. The normalized spacial score (nSPS) is 26.1. The van der Waals surface area contributed by atoms with E-state index >= 15 is 0 Å². The van der Waals surface area contributed by atoms with E-state index in [9.17, 15) is 9.59 Å². The van der Waals surface area contributed by atoms with Crippen molar-refractivity contribution < 1.29 is 14.7 Å². The molecule has 3 nitrogen and oxygen atoms in total. The van der Waals surface area contributed by atoms with E-state index < -0.39 is 5.97 Å². The highest BCUT2D eigenvalue weighted by atomic mass is 16.4. The van der Waals surface area contributed by atoms with Gasteiger partial charge < -0.3 is 5.11 Å². The summed E-state index contributed by atoms with van der Waals surface area (Å²) < 4.78 is 0. The summed E-state index contributed by atoms with van der Waals surface area (Å²) in [5, 5.41) is 8.60. The smallest absolute Gasteiger partial charge is 0.306 e. The molecule has 2 unspecified atom stereocenters. The van der Waals surface area contributed by atoms with Crippen molar-refractivity contribution in [1.29, 1.82) is 0 Å². The minimum atomic E-state index is -0.756. The van der Waals surface area contributed by atoms with Crippen LogP contribution in [0.3, 0.4) is 0 Å². The number of carboxylic acids is 1. The predicted molar refractivity (Wildman–Crippen MR) is 50.5 cm³/mol. The Morgan fingerprint density at radius 3 is 1.85 bits per heavy atom. The summed E-state index contributed by atoms with van der Waals surface area (Å²) in [4.78, 5) is 21.3. The number of carbonyl (C=O) groups excluding carboxylic acids is 1. The van der Waals surface area contributed by atoms with Gasteiger partial charge >= 0.3 is 5.97 Å². The molecule has 0 aromatic carbocycles. The highest BCUT2D eigenvalue weighted by Crippen LogP contribution is 2.31. The van der Waals surface area contributed by atoms with Crippen LogP contribution in [0.2, 0.25) is 0 Å². The molecule has 1 saturated carbocycles. The molecule has 1 rings (SSSR count). The van der Waals surface area contributed by atoms with E-state index in [0.717, 1.165) is 6.42 Å². The number of Topliss-reactive ketones (excluding diaryl/α,β-unsaturated/α-hetero) is 1. The summed E-state index contributed by atoms with van der Waals surface area (Å²) in [5.41, 5.74) is 0. The molecule has 0 radical (unpaired) electrons. The number of hydrogen-bond acceptors (Lipinski definition) is 2. The van der Waals surface area contributed by atoms with E-state index in [1.807, 2.05) is 13.8 Å². The van der Waals surface area contributed by atoms with Crippen LogP contribution < -0.4 is 0 Å². The maximum Gasteiger partial charge on any atom is 0.306 e. The molecule has 0 aliphatic heterocycles. The molecule has 3 heteroatoms. The summed E-state index contributed by atoms with van der Waals surface area (Å²) in [6.45, 7) is 5.54. The van der Waals surface area contributed by atoms with Crippen LogP contribution in [0, 0.1) is 11.8 Å². The van der Waals surface area contributed by atoms with Gasteiger partial charge in [0, 0.05) is 5.92 Å². The molecule has 0 aromatic rings. The Morgan fingerprint density at radius 1 is 1.15 bits per heavy atom. The molecule has 0 heterocycles. The Morgan fingerprint density at radius 2 is 1.62 bits per heavy atom. The molecule has 1 fully saturated rings. The van der Waals surface area contributed by atoms with Gasteiger partial charge in [-0.3, -0.25) is 9.59 Å². The quantitative estimate of drug-likeness (QED) is 0.718. The van der Waals surface area contributed by atoms with Gasteiger partial charge in [-0.15, -0.1) is 0 Å². The van der Waals surface area contributed by atoms with Crippen molar-refractivity contribution in [2.24, 2.45) is 11.8 Å². The van der Waals surface area contributed by atoms with Gasteiger partial charge in [0.05, 0.1) is 5.92 Å². The molecule has 76 valence electrons. The Bertz CT molecular complexity index is 167. The standard InChI is InChI=1S/C8H12O3.C2H6/c1-5(9)6-2-3-7(4-6)8(10)11;1-2/h6-7H,2-4H2,1H3,(H,10,11);1-2H3. The van der Waals surface area contributed by atoms with Crippen molar-refractivity contribution in [1.82, 2.24) is 0 Å². The highest BCUT2D eigenvalue weighted by Gasteiger charge is 2.31. The lowest BCUT2D eigenvalue weighted by Crippen LogP contribution is -2.12. The maximum atomic E-state index is 10.8. The van der Waals surface area contributed by atoms with Crippen LogP contribution in [0.25, 0.3) is 0 Å². The predicted octanol–water partition coefficient (Wildman–Crippen LogP) is 2.10. The number of ketones is 1. The Labute approximate surface area is 79.1 Å². The van der Waals surface area contributed by atoms with Crippen molar-refractivity contribution in [3.8, 4) is 0 Å². The zero-order valence-corrected chi connectivity index (χ0v) is 8.54. The highest BCUT2D eigenvalue weighted by molar-refractivity contribution is 5.80. The van der Waals surface area contributed by atoms with Gasteiger partial charge in [-0.1, -0.05) is 13.8 Å². The zero-order chi connectivity index (χ0) is 10.4. The van der Waals surface area contributed by atoms with E-state index in [2.05, 4.69) is 0 Å². The molecule has 0 amide bonds. The minimum absolute atomic E-state index is 0.0103. The molecule has 1 N–H and O–H groups in total. The monoisotopic (exact) mass is 186 g/mol. The summed E-state index contributed by atoms with van der Waals surface area (Å²) in [6.07, 6.45) is 1.97. The van der Waals surface area contributed by atoms with Crippen LogP contribution in [-0.2, 0) is 9.59 Å². The molecule has 0 spiro atoms. The van der Waals surface area contributed by atoms with E-state index in [1.54, 1.807) is 0 Å². The second kappa shape index (κ2) is 5.73. The molecule has 0 bridgehead atoms. The van der Waals surface area contributed by atoms with Gasteiger partial charge in [0.1, 0.15) is 5.78 Å². The second-order valence-corrected chi connectivity index (χ2v) is 3.16. The lowest BCUT2D eigenvalue weighted by Gasteiger charge is -2.02. The third kappa shape index (κ3) is 3.57. The first-order chi connectivity index (χ1) is 6.11. The van der Waals surface area contributed by atoms with Crippen molar-refractivity contribution in [2.75, 3.05) is 0 Å². The van der Waals surface area contributed by atoms with Gasteiger partial charge in [0.25, 0.3) is 0 Å². The Hall–Kier alpha value is -0.860. The number of aliphatic carboxylic acids is 1. The summed E-state index contributed by atoms with van der Waals surface area (Å²) in [7, 11) is 0. The average Bonchev–Trinajstić information content (AvgIpc) is 2.56. The van der Waals surface area contributed by atoms with Gasteiger partial charge in [0.15, 0.2) is 0 Å². The van der Waals surface area contributed by atoms with Crippen molar-refractivity contribution >= 4 is 11.8 Å². The largest absolute Gasteiger partial charge is 0.481 e. The lowest BCUT2D eigenvalue weighted by molar-refractivity contribution is -0.141. The first kappa shape index (κ1) is 12.1. The first-order valence-electron chi connectivity index (χ1n) is 4.84. The van der Waals surface area contributed by atoms with E-state index in [-0.39, 0.29) is 17.6 Å². The number of rotatable bonds is 2. The van der Waals surface area contributed by atoms with E-state index in [1.165, 1.54) is 6.92 Å². The SMILES string of the molecule is CC.CC(=O)C1CCC(C(=O)O)C1. The fraction of sp³-hybridized carbons (Fsp3) is 0.800. The van der Waals surface area contributed by atoms with E-state index in [4.69, 9.17) is 5.11 Å². The van der Waals surface area contributed by atoms with E-state index in [0.29, 0.717) is 12.8 Å². The van der Waals surface area contributed by atoms with Crippen molar-refractivity contribution in [3.63, 3.8) is 0 Å². The molecular weight excluding hydrogens is 168 g/mol. The number of carbonyl (C=O) groups is 2. The molecule has 1 aliphatic carbocycles. The van der Waals surface area contributed by atoms with Gasteiger partial charge in [-0.2, -0.15) is 0 Å². The maximum absolute atomic E-state index is 10.8. The Kier molecular flexibility index (Phi) is 5.35. The summed E-state index contributed by atoms with van der Waals surface area (Å²) in [5.74, 6) is -0.887. The number of hydrogen-bond donors (Lipinski definition) is 1. The van der Waals surface area contributed by atoms with Crippen molar-refractivity contribution in [3.05, 3.63) is 0 Å². The zero-order valence-electron chi connectivity index (χ0n) is 8.54. The van der Waals surface area contributed by atoms with Gasteiger partial charge in [-0.25, -0.2) is 0 Å². The van der Waals surface area contributed by atoms with Crippen molar-refractivity contribution in [2.45, 2.75) is 40.0 Å². The Balaban J connectivity index is 0.000000671. The van der Waals surface area contributed by atoms with Crippen LogP contribution in [0.5, 0.6) is 0 Å². The molecule has 1 aliphatic rings. The lowest BCUT2D eigenvalue weighted by atomic mass is 10.0. The van der Waals surface area contributed by atoms with Crippen LogP contribution in [-0.4, -0.2) is 16.9 Å². The molecule has 2 atom stereocenters. The van der Waals surface area contributed by atoms with Gasteiger partial charge in [0.2, 0.25) is 0 Å². The van der Waals surface area contributed by atoms with Crippen LogP contribution in [0.4, 0.5) is 0 Å². The molecule has 0 saturated heterocycles. The average molecular weight is 186 g/mol. The molecule has 13 heavy (non-hydrogen) atoms. The van der Waals surface area contributed by atoms with Crippen LogP contribution in [0.15, 0.2) is 0 Å². The van der Waals surface area contributed by atoms with Crippen LogP contribution >= 0.6 is 0 Å². The van der Waals surface area contributed by atoms with Gasteiger partial charge in [-0.05, 0) is 26.2 Å². The second-order valence-electron chi connectivity index (χ2n) is 3.16. The fourth-order valence-electron chi connectivity index (χ4n) is 1.58. The molecule has 0 aromatic heterocycles. The minimum Gasteiger partial charge on any atom is -0.481 e. The first-order valence-corrected chi connectivity index (χ1v) is 4.84. The third-order valence-electron chi connectivity index (χ3n) is 2.36. The molecular formula is C10H18O3. The topological polar surface area (TPSA) is 54.4 Å².